The zero-order chi connectivity index (χ0) is 22.4. The van der Waals surface area contributed by atoms with E-state index in [4.69, 9.17) is 0 Å². The van der Waals surface area contributed by atoms with Crippen molar-refractivity contribution in [3.05, 3.63) is 143 Å². The topological polar surface area (TPSA) is 0 Å². The molecule has 0 saturated carbocycles. The Kier molecular flexibility index (Phi) is 4.81. The van der Waals surface area contributed by atoms with Crippen LogP contribution in [0.15, 0.2) is 109 Å². The molecular formula is C32H28Si. The van der Waals surface area contributed by atoms with Crippen molar-refractivity contribution >= 4 is 30.6 Å². The molecule has 0 amide bonds. The molecular weight excluding hydrogens is 412 g/mol. The molecule has 33 heavy (non-hydrogen) atoms. The molecule has 2 atom stereocenters. The first kappa shape index (κ1) is 20.2. The lowest BCUT2D eigenvalue weighted by Gasteiger charge is -2.44. The molecule has 1 heteroatoms. The maximum atomic E-state index is 2.52. The summed E-state index contributed by atoms with van der Waals surface area (Å²) in [4.78, 5) is 0. The van der Waals surface area contributed by atoms with Crippen molar-refractivity contribution in [1.82, 2.24) is 0 Å². The van der Waals surface area contributed by atoms with Crippen molar-refractivity contribution in [3.8, 4) is 0 Å². The second kappa shape index (κ2) is 7.86. The normalized spacial score (nSPS) is 18.4. The minimum absolute atomic E-state index is 0.372. The number of rotatable bonds is 4. The Morgan fingerprint density at radius 2 is 0.879 bits per heavy atom. The third kappa shape index (κ3) is 2.96. The van der Waals surface area contributed by atoms with E-state index in [1.165, 1.54) is 33.4 Å². The first-order valence-corrected chi connectivity index (χ1v) is 14.0. The fraction of sp³-hybridized carbons (Fsp3) is 0.125. The van der Waals surface area contributed by atoms with Crippen molar-refractivity contribution in [2.45, 2.75) is 24.9 Å². The van der Waals surface area contributed by atoms with E-state index in [1.54, 1.807) is 10.4 Å². The highest BCUT2D eigenvalue weighted by Gasteiger charge is 2.53. The molecule has 2 aliphatic carbocycles. The van der Waals surface area contributed by atoms with Crippen LogP contribution >= 0.6 is 0 Å². The van der Waals surface area contributed by atoms with Gasteiger partial charge >= 0.3 is 0 Å². The van der Waals surface area contributed by atoms with Crippen molar-refractivity contribution in [3.63, 3.8) is 0 Å². The maximum absolute atomic E-state index is 2.52. The fourth-order valence-electron chi connectivity index (χ4n) is 6.38. The van der Waals surface area contributed by atoms with E-state index < -0.39 is 8.07 Å². The van der Waals surface area contributed by atoms with Crippen LogP contribution in [0.2, 0.25) is 0 Å². The van der Waals surface area contributed by atoms with Crippen molar-refractivity contribution in [2.24, 2.45) is 0 Å². The molecule has 0 spiro atoms. The number of hydrogen-bond donors (Lipinski definition) is 0. The van der Waals surface area contributed by atoms with Crippen LogP contribution in [0.25, 0.3) is 12.2 Å². The predicted octanol–water partition coefficient (Wildman–Crippen LogP) is 6.57. The third-order valence-corrected chi connectivity index (χ3v) is 13.6. The van der Waals surface area contributed by atoms with Crippen LogP contribution in [0.5, 0.6) is 0 Å². The molecule has 0 heterocycles. The van der Waals surface area contributed by atoms with E-state index in [2.05, 4.69) is 135 Å². The van der Waals surface area contributed by atoms with Gasteiger partial charge in [-0.2, -0.15) is 0 Å². The Balaban J connectivity index is 1.76. The van der Waals surface area contributed by atoms with Crippen molar-refractivity contribution in [2.75, 3.05) is 0 Å². The summed E-state index contributed by atoms with van der Waals surface area (Å²) in [5, 5.41) is 3.11. The molecule has 4 aromatic rings. The van der Waals surface area contributed by atoms with Crippen LogP contribution in [-0.2, 0) is 0 Å². The summed E-state index contributed by atoms with van der Waals surface area (Å²) >= 11 is 0. The van der Waals surface area contributed by atoms with Crippen molar-refractivity contribution in [1.29, 1.82) is 0 Å². The van der Waals surface area contributed by atoms with Gasteiger partial charge in [0.15, 0.2) is 0 Å². The number of allylic oxidation sites excluding steroid dienone is 2. The molecule has 0 nitrogen and oxygen atoms in total. The Bertz CT molecular complexity index is 1300. The van der Waals surface area contributed by atoms with Crippen LogP contribution < -0.4 is 10.4 Å². The largest absolute Gasteiger partial charge is 0.140 e. The van der Waals surface area contributed by atoms with Gasteiger partial charge in [0, 0.05) is 11.1 Å². The summed E-state index contributed by atoms with van der Waals surface area (Å²) in [7, 11) is -2.45. The maximum Gasteiger partial charge on any atom is 0.140 e. The van der Waals surface area contributed by atoms with Crippen molar-refractivity contribution < 1.29 is 0 Å². The molecule has 0 saturated heterocycles. The van der Waals surface area contributed by atoms with Crippen LogP contribution in [-0.4, -0.2) is 8.07 Å². The van der Waals surface area contributed by atoms with Gasteiger partial charge in [-0.25, -0.2) is 0 Å². The van der Waals surface area contributed by atoms with E-state index in [1.807, 2.05) is 0 Å². The summed E-state index contributed by atoms with van der Waals surface area (Å²) in [6.45, 7) is 4.62. The average molecular weight is 441 g/mol. The molecule has 4 aromatic carbocycles. The zero-order valence-electron chi connectivity index (χ0n) is 19.2. The molecule has 0 radical (unpaired) electrons. The lowest BCUT2D eigenvalue weighted by atomic mass is 10.1. The van der Waals surface area contributed by atoms with Crippen LogP contribution in [0.3, 0.4) is 0 Å². The number of aryl methyl sites for hydroxylation is 2. The Morgan fingerprint density at radius 1 is 0.485 bits per heavy atom. The van der Waals surface area contributed by atoms with Gasteiger partial charge in [0.1, 0.15) is 8.07 Å². The van der Waals surface area contributed by atoms with Crippen LogP contribution in [0.1, 0.15) is 44.5 Å². The first-order chi connectivity index (χ1) is 16.2. The predicted molar refractivity (Wildman–Crippen MR) is 144 cm³/mol. The molecule has 6 rings (SSSR count). The summed E-state index contributed by atoms with van der Waals surface area (Å²) in [6, 6.07) is 36.4. The van der Waals surface area contributed by atoms with Gasteiger partial charge in [-0.05, 0) is 46.5 Å². The van der Waals surface area contributed by atoms with Gasteiger partial charge in [0.2, 0.25) is 0 Å². The lowest BCUT2D eigenvalue weighted by Crippen LogP contribution is -2.67. The lowest BCUT2D eigenvalue weighted by molar-refractivity contribution is 1.07. The summed E-state index contributed by atoms with van der Waals surface area (Å²) in [6.07, 6.45) is 9.76. The van der Waals surface area contributed by atoms with E-state index in [0.29, 0.717) is 11.1 Å². The monoisotopic (exact) mass is 440 g/mol. The Hall–Kier alpha value is -3.42. The number of hydrogen-bond acceptors (Lipinski definition) is 0. The van der Waals surface area contributed by atoms with E-state index >= 15 is 0 Å². The van der Waals surface area contributed by atoms with E-state index in [0.717, 1.165) is 0 Å². The highest BCUT2D eigenvalue weighted by Crippen LogP contribution is 2.47. The number of fused-ring (bicyclic) bond motifs is 2. The van der Waals surface area contributed by atoms with Gasteiger partial charge in [-0.3, -0.25) is 0 Å². The highest BCUT2D eigenvalue weighted by atomic mass is 28.3. The molecule has 0 aromatic heterocycles. The smallest absolute Gasteiger partial charge is 0.0784 e. The molecule has 0 fully saturated rings. The van der Waals surface area contributed by atoms with Crippen LogP contribution in [0, 0.1) is 13.8 Å². The van der Waals surface area contributed by atoms with Crippen LogP contribution in [0.4, 0.5) is 0 Å². The summed E-state index contributed by atoms with van der Waals surface area (Å²) in [5.41, 5.74) is 9.26. The fourth-order valence-corrected chi connectivity index (χ4v) is 12.9. The highest BCUT2D eigenvalue weighted by molar-refractivity contribution is 7.05. The summed E-state index contributed by atoms with van der Waals surface area (Å²) < 4.78 is 0. The van der Waals surface area contributed by atoms with Gasteiger partial charge < -0.3 is 0 Å². The second-order valence-electron chi connectivity index (χ2n) is 9.43. The molecule has 0 aliphatic heterocycles. The standard InChI is InChI=1S/C32H28Si/c1-23-11-3-9-17-29(23)33(30-18-10-4-12-24(30)2,31-21-19-25-13-5-7-15-27(25)31)32-22-20-26-14-6-8-16-28(26)32/h3-22,31-32H,1-2H3. The van der Waals surface area contributed by atoms with Gasteiger partial charge in [0.05, 0.1) is 0 Å². The zero-order valence-corrected chi connectivity index (χ0v) is 20.2. The average Bonchev–Trinajstić information content (AvgIpc) is 3.47. The third-order valence-electron chi connectivity index (χ3n) is 7.76. The molecule has 2 unspecified atom stereocenters. The molecule has 0 bridgehead atoms. The Labute approximate surface area is 198 Å². The molecule has 0 N–H and O–H groups in total. The van der Waals surface area contributed by atoms with Gasteiger partial charge in [-0.15, -0.1) is 0 Å². The van der Waals surface area contributed by atoms with E-state index in [9.17, 15) is 0 Å². The number of benzene rings is 4. The molecule has 2 aliphatic rings. The minimum Gasteiger partial charge on any atom is -0.0784 e. The summed E-state index contributed by atoms with van der Waals surface area (Å²) in [5.74, 6) is 0. The quantitative estimate of drug-likeness (QED) is 0.315. The van der Waals surface area contributed by atoms with Gasteiger partial charge in [0.25, 0.3) is 0 Å². The second-order valence-corrected chi connectivity index (χ2v) is 13.5. The first-order valence-electron chi connectivity index (χ1n) is 11.9. The minimum atomic E-state index is -2.45. The Morgan fingerprint density at radius 3 is 1.33 bits per heavy atom. The van der Waals surface area contributed by atoms with Gasteiger partial charge in [-0.1, -0.05) is 132 Å². The molecule has 160 valence electrons. The SMILES string of the molecule is Cc1ccccc1[Si](c1ccccc1C)(C1C=Cc2ccccc21)C1C=Cc2ccccc21. The van der Waals surface area contributed by atoms with E-state index in [-0.39, 0.29) is 0 Å².